The highest BCUT2D eigenvalue weighted by atomic mass is 35.5. The summed E-state index contributed by atoms with van der Waals surface area (Å²) in [4.78, 5) is 26.8. The molecule has 42 heavy (non-hydrogen) atoms. The summed E-state index contributed by atoms with van der Waals surface area (Å²) in [5.74, 6) is -0.228. The van der Waals surface area contributed by atoms with Crippen molar-refractivity contribution in [3.8, 4) is 22.6 Å². The molecule has 14 heteroatoms. The summed E-state index contributed by atoms with van der Waals surface area (Å²) < 4.78 is 49.1. The Bertz CT molecular complexity index is 1880. The van der Waals surface area contributed by atoms with Crippen molar-refractivity contribution in [3.05, 3.63) is 81.6 Å². The smallest absolute Gasteiger partial charge is 0.436 e. The highest BCUT2D eigenvalue weighted by Crippen LogP contribution is 2.36. The third-order valence-corrected chi connectivity index (χ3v) is 7.20. The molecule has 3 heterocycles. The summed E-state index contributed by atoms with van der Waals surface area (Å²) in [6.07, 6.45) is -2.28. The van der Waals surface area contributed by atoms with Gasteiger partial charge >= 0.3 is 6.18 Å². The Kier molecular flexibility index (Phi) is 7.54. The molecule has 0 aliphatic heterocycles. The van der Waals surface area contributed by atoms with Gasteiger partial charge in [-0.3, -0.25) is 18.8 Å². The molecule has 1 N–H and O–H groups in total. The van der Waals surface area contributed by atoms with E-state index in [4.69, 9.17) is 16.3 Å². The molecule has 1 atom stereocenters. The number of nitrogens with one attached hydrogen (secondary N) is 1. The van der Waals surface area contributed by atoms with Crippen LogP contribution in [-0.2, 0) is 18.0 Å². The molecule has 2 aromatic carbocycles. The van der Waals surface area contributed by atoms with E-state index in [-0.39, 0.29) is 34.0 Å². The van der Waals surface area contributed by atoms with Crippen LogP contribution in [-0.4, -0.2) is 42.4 Å². The van der Waals surface area contributed by atoms with Crippen molar-refractivity contribution in [1.82, 2.24) is 29.3 Å². The minimum Gasteiger partial charge on any atom is -0.495 e. The number of hydrogen-bond acceptors (Lipinski definition) is 6. The lowest BCUT2D eigenvalue weighted by atomic mass is 10.0. The zero-order chi connectivity index (χ0) is 30.3. The summed E-state index contributed by atoms with van der Waals surface area (Å²) in [6, 6.07) is 10.1. The monoisotopic (exact) mass is 599 g/mol. The van der Waals surface area contributed by atoms with E-state index < -0.39 is 29.4 Å². The fourth-order valence-corrected chi connectivity index (χ4v) is 4.89. The van der Waals surface area contributed by atoms with Gasteiger partial charge in [-0.1, -0.05) is 23.7 Å². The third kappa shape index (κ3) is 5.34. The molecule has 1 unspecified atom stereocenters. The summed E-state index contributed by atoms with van der Waals surface area (Å²) in [5.41, 5.74) is 1.26. The number of rotatable bonds is 7. The standard InChI is InChI=1S/C28H25ClF3N7O3/c1-5-22(27(41)33-17-7-8-21-18(11-17)15(2)37(3)35-21)38-13-24(42-4)20(12-26(38)40)19-10-16(29)6-9-23(19)39-14-25(34-36-39)28(30,31)32/h6-14,22H,5H2,1-4H3,(H,33,41). The number of alkyl halides is 3. The van der Waals surface area contributed by atoms with Crippen molar-refractivity contribution in [3.63, 3.8) is 0 Å². The molecular formula is C28H25ClF3N7O3. The van der Waals surface area contributed by atoms with E-state index in [1.54, 1.807) is 23.7 Å². The second kappa shape index (κ2) is 11.0. The molecule has 0 aliphatic rings. The maximum atomic E-state index is 13.4. The number of pyridine rings is 1. The van der Waals surface area contributed by atoms with Gasteiger partial charge in [-0.25, -0.2) is 4.68 Å². The van der Waals surface area contributed by atoms with Gasteiger partial charge < -0.3 is 10.1 Å². The second-order valence-corrected chi connectivity index (χ2v) is 10.00. The van der Waals surface area contributed by atoms with Crippen LogP contribution in [0.3, 0.4) is 0 Å². The first-order valence-corrected chi connectivity index (χ1v) is 13.1. The first kappa shape index (κ1) is 28.9. The lowest BCUT2D eigenvalue weighted by Crippen LogP contribution is -2.32. The summed E-state index contributed by atoms with van der Waals surface area (Å²) >= 11 is 6.23. The number of ether oxygens (including phenoxy) is 1. The van der Waals surface area contributed by atoms with Gasteiger partial charge in [-0.05, 0) is 49.7 Å². The van der Waals surface area contributed by atoms with Gasteiger partial charge in [0.05, 0.1) is 30.7 Å². The molecule has 10 nitrogen and oxygen atoms in total. The quantitative estimate of drug-likeness (QED) is 0.262. The number of hydrogen-bond donors (Lipinski definition) is 1. The fourth-order valence-electron chi connectivity index (χ4n) is 4.72. The first-order valence-electron chi connectivity index (χ1n) is 12.8. The summed E-state index contributed by atoms with van der Waals surface area (Å²) in [5, 5.41) is 15.3. The van der Waals surface area contributed by atoms with Crippen molar-refractivity contribution >= 4 is 34.1 Å². The van der Waals surface area contributed by atoms with E-state index in [1.165, 1.54) is 42.1 Å². The predicted octanol–water partition coefficient (Wildman–Crippen LogP) is 5.56. The average molecular weight is 600 g/mol. The van der Waals surface area contributed by atoms with Gasteiger partial charge in [-0.2, -0.15) is 18.3 Å². The largest absolute Gasteiger partial charge is 0.495 e. The van der Waals surface area contributed by atoms with E-state index in [9.17, 15) is 22.8 Å². The maximum absolute atomic E-state index is 13.4. The Morgan fingerprint density at radius 3 is 2.55 bits per heavy atom. The minimum absolute atomic E-state index is 0.184. The van der Waals surface area contributed by atoms with Crippen LogP contribution in [0.25, 0.3) is 27.7 Å². The lowest BCUT2D eigenvalue weighted by molar-refractivity contribution is -0.141. The van der Waals surface area contributed by atoms with E-state index >= 15 is 0 Å². The van der Waals surface area contributed by atoms with Crippen LogP contribution in [0.15, 0.2) is 59.7 Å². The second-order valence-electron chi connectivity index (χ2n) is 9.56. The molecule has 0 fully saturated rings. The maximum Gasteiger partial charge on any atom is 0.436 e. The van der Waals surface area contributed by atoms with Crippen molar-refractivity contribution in [1.29, 1.82) is 0 Å². The number of methoxy groups -OCH3 is 1. The minimum atomic E-state index is -4.69. The van der Waals surface area contributed by atoms with Crippen LogP contribution >= 0.6 is 11.6 Å². The number of carbonyl (C=O) groups excluding carboxylic acids is 1. The molecule has 0 saturated heterocycles. The Morgan fingerprint density at radius 1 is 1.12 bits per heavy atom. The molecule has 0 spiro atoms. The first-order chi connectivity index (χ1) is 19.9. The molecule has 5 aromatic rings. The Labute approximate surface area is 242 Å². The summed E-state index contributed by atoms with van der Waals surface area (Å²) in [7, 11) is 3.21. The van der Waals surface area contributed by atoms with Crippen LogP contribution in [0.4, 0.5) is 18.9 Å². The van der Waals surface area contributed by atoms with Gasteiger partial charge in [0.15, 0.2) is 5.69 Å². The predicted molar refractivity (Wildman–Crippen MR) is 151 cm³/mol. The molecular weight excluding hydrogens is 575 g/mol. The van der Waals surface area contributed by atoms with Crippen molar-refractivity contribution in [2.24, 2.45) is 7.05 Å². The zero-order valence-electron chi connectivity index (χ0n) is 22.9. The van der Waals surface area contributed by atoms with E-state index in [1.807, 2.05) is 20.0 Å². The Hall–Kier alpha value is -4.65. The normalized spacial score (nSPS) is 12.5. The van der Waals surface area contributed by atoms with E-state index in [0.717, 1.165) is 27.5 Å². The van der Waals surface area contributed by atoms with Gasteiger partial charge in [-0.15, -0.1) is 5.10 Å². The van der Waals surface area contributed by atoms with Gasteiger partial charge in [0, 0.05) is 46.0 Å². The number of halogens is 4. The van der Waals surface area contributed by atoms with Crippen molar-refractivity contribution in [2.75, 3.05) is 12.4 Å². The number of amides is 1. The van der Waals surface area contributed by atoms with Crippen molar-refractivity contribution in [2.45, 2.75) is 32.5 Å². The van der Waals surface area contributed by atoms with Crippen LogP contribution in [0.1, 0.15) is 30.8 Å². The lowest BCUT2D eigenvalue weighted by Gasteiger charge is -2.21. The number of aromatic nitrogens is 6. The number of fused-ring (bicyclic) bond motifs is 1. The molecule has 0 saturated carbocycles. The highest BCUT2D eigenvalue weighted by Gasteiger charge is 2.35. The third-order valence-electron chi connectivity index (χ3n) is 6.97. The Morgan fingerprint density at radius 2 is 1.88 bits per heavy atom. The van der Waals surface area contributed by atoms with Crippen molar-refractivity contribution < 1.29 is 22.7 Å². The van der Waals surface area contributed by atoms with Crippen LogP contribution in [0.5, 0.6) is 5.75 Å². The number of benzene rings is 2. The molecule has 5 rings (SSSR count). The van der Waals surface area contributed by atoms with Crippen LogP contribution in [0, 0.1) is 6.92 Å². The van der Waals surface area contributed by atoms with Gasteiger partial charge in [0.25, 0.3) is 5.56 Å². The molecule has 1 amide bonds. The average Bonchev–Trinajstić information content (AvgIpc) is 3.55. The van der Waals surface area contributed by atoms with E-state index in [2.05, 4.69) is 20.7 Å². The number of aryl methyl sites for hydroxylation is 2. The molecule has 3 aromatic heterocycles. The number of nitrogens with zero attached hydrogens (tertiary/aromatic N) is 6. The fraction of sp³-hybridized carbons (Fsp3) is 0.250. The Balaban J connectivity index is 1.52. The molecule has 0 bridgehead atoms. The number of carbonyl (C=O) groups is 1. The summed E-state index contributed by atoms with van der Waals surface area (Å²) in [6.45, 7) is 3.69. The van der Waals surface area contributed by atoms with E-state index in [0.29, 0.717) is 5.69 Å². The SMILES string of the molecule is CCC(C(=O)Nc1ccc2nn(C)c(C)c2c1)n1cc(OC)c(-c2cc(Cl)ccc2-n2cc(C(F)(F)F)nn2)cc1=O. The van der Waals surface area contributed by atoms with Gasteiger partial charge in [0.1, 0.15) is 11.8 Å². The van der Waals surface area contributed by atoms with Crippen LogP contribution in [0.2, 0.25) is 5.02 Å². The molecule has 0 aliphatic carbocycles. The van der Waals surface area contributed by atoms with Crippen LogP contribution < -0.4 is 15.6 Å². The number of anilines is 1. The van der Waals surface area contributed by atoms with Gasteiger partial charge in [0.2, 0.25) is 5.91 Å². The highest BCUT2D eigenvalue weighted by molar-refractivity contribution is 6.31. The zero-order valence-corrected chi connectivity index (χ0v) is 23.7. The molecule has 218 valence electrons. The topological polar surface area (TPSA) is 109 Å². The molecule has 0 radical (unpaired) electrons.